The van der Waals surface area contributed by atoms with Crippen molar-refractivity contribution in [2.75, 3.05) is 20.2 Å². The topological polar surface area (TPSA) is 60.2 Å². The Bertz CT molecular complexity index is 684. The van der Waals surface area contributed by atoms with Crippen LogP contribution < -0.4 is 4.74 Å². The number of hydrogen-bond donors (Lipinski definition) is 0. The van der Waals surface area contributed by atoms with Gasteiger partial charge in [0.05, 0.1) is 18.8 Å². The summed E-state index contributed by atoms with van der Waals surface area (Å²) in [7, 11) is 1.62. The van der Waals surface area contributed by atoms with Crippen LogP contribution in [0.4, 0.5) is 0 Å². The van der Waals surface area contributed by atoms with E-state index in [0.717, 1.165) is 11.4 Å². The van der Waals surface area contributed by atoms with Crippen molar-refractivity contribution < 1.29 is 9.53 Å². The van der Waals surface area contributed by atoms with Gasteiger partial charge in [0.15, 0.2) is 0 Å². The van der Waals surface area contributed by atoms with Gasteiger partial charge in [0.25, 0.3) is 5.91 Å². The van der Waals surface area contributed by atoms with Gasteiger partial charge in [-0.2, -0.15) is 0 Å². The summed E-state index contributed by atoms with van der Waals surface area (Å²) in [4.78, 5) is 14.2. The summed E-state index contributed by atoms with van der Waals surface area (Å²) < 4.78 is 7.02. The molecule has 2 heterocycles. The maximum Gasteiger partial charge on any atom is 0.254 e. The molecule has 0 N–H and O–H groups in total. The average molecular weight is 298 g/mol. The highest BCUT2D eigenvalue weighted by Crippen LogP contribution is 2.39. The molecule has 0 unspecified atom stereocenters. The second-order valence-electron chi connectivity index (χ2n) is 5.99. The summed E-state index contributed by atoms with van der Waals surface area (Å²) in [6, 6.07) is 7.47. The molecule has 1 aromatic carbocycles. The zero-order valence-corrected chi connectivity index (χ0v) is 12.5. The Kier molecular flexibility index (Phi) is 3.10. The van der Waals surface area contributed by atoms with Crippen molar-refractivity contribution in [2.24, 2.45) is 0 Å². The normalized spacial score (nSPS) is 18.1. The first kappa shape index (κ1) is 13.3. The molecule has 0 bridgehead atoms. The van der Waals surface area contributed by atoms with Crippen LogP contribution in [0, 0.1) is 0 Å². The molecule has 0 atom stereocenters. The molecular formula is C16H18N4O2. The van der Waals surface area contributed by atoms with Gasteiger partial charge in [-0.25, -0.2) is 4.68 Å². The van der Waals surface area contributed by atoms with E-state index < -0.39 is 0 Å². The number of likely N-dealkylation sites (tertiary alicyclic amines) is 1. The lowest BCUT2D eigenvalue weighted by Gasteiger charge is -2.38. The van der Waals surface area contributed by atoms with Gasteiger partial charge in [0.1, 0.15) is 5.75 Å². The predicted molar refractivity (Wildman–Crippen MR) is 79.9 cm³/mol. The van der Waals surface area contributed by atoms with E-state index in [-0.39, 0.29) is 11.9 Å². The largest absolute Gasteiger partial charge is 0.497 e. The molecule has 1 amide bonds. The molecule has 2 aromatic rings. The van der Waals surface area contributed by atoms with Gasteiger partial charge in [0, 0.05) is 30.8 Å². The zero-order valence-electron chi connectivity index (χ0n) is 12.5. The SMILES string of the molecule is COc1ccc(C(=O)N2CC(n3cc(C4CC4)nn3)C2)cc1. The zero-order chi connectivity index (χ0) is 15.1. The lowest BCUT2D eigenvalue weighted by atomic mass is 10.1. The number of methoxy groups -OCH3 is 1. The van der Waals surface area contributed by atoms with Crippen LogP contribution in [0.5, 0.6) is 5.75 Å². The van der Waals surface area contributed by atoms with Gasteiger partial charge in [-0.3, -0.25) is 4.79 Å². The maximum absolute atomic E-state index is 12.4. The van der Waals surface area contributed by atoms with Crippen LogP contribution in [0.15, 0.2) is 30.5 Å². The molecule has 1 saturated carbocycles. The molecule has 6 heteroatoms. The fourth-order valence-electron chi connectivity index (χ4n) is 2.74. The van der Waals surface area contributed by atoms with Crippen LogP contribution in [0.3, 0.4) is 0 Å². The number of rotatable bonds is 4. The van der Waals surface area contributed by atoms with E-state index >= 15 is 0 Å². The number of carbonyl (C=O) groups excluding carboxylic acids is 1. The Morgan fingerprint density at radius 3 is 2.59 bits per heavy atom. The number of amides is 1. The van der Waals surface area contributed by atoms with Crippen LogP contribution in [0.2, 0.25) is 0 Å². The molecule has 6 nitrogen and oxygen atoms in total. The summed E-state index contributed by atoms with van der Waals surface area (Å²) in [6.07, 6.45) is 4.49. The second-order valence-corrected chi connectivity index (χ2v) is 5.99. The second kappa shape index (κ2) is 5.12. The molecule has 1 aliphatic carbocycles. The predicted octanol–water partition coefficient (Wildman–Crippen LogP) is 1.86. The third-order valence-electron chi connectivity index (χ3n) is 4.38. The van der Waals surface area contributed by atoms with Crippen molar-refractivity contribution in [1.29, 1.82) is 0 Å². The van der Waals surface area contributed by atoms with Crippen molar-refractivity contribution in [1.82, 2.24) is 19.9 Å². The molecule has 114 valence electrons. The Labute approximate surface area is 128 Å². The first-order chi connectivity index (χ1) is 10.7. The molecule has 1 aliphatic heterocycles. The Balaban J connectivity index is 1.38. The maximum atomic E-state index is 12.4. The lowest BCUT2D eigenvalue weighted by Crippen LogP contribution is -2.50. The van der Waals surface area contributed by atoms with Crippen molar-refractivity contribution in [3.05, 3.63) is 41.7 Å². The summed E-state index contributed by atoms with van der Waals surface area (Å²) in [5.74, 6) is 1.43. The summed E-state index contributed by atoms with van der Waals surface area (Å²) >= 11 is 0. The molecule has 2 aliphatic rings. The Morgan fingerprint density at radius 1 is 1.23 bits per heavy atom. The number of nitrogens with zero attached hydrogens (tertiary/aromatic N) is 4. The fourth-order valence-corrected chi connectivity index (χ4v) is 2.74. The minimum atomic E-state index is 0.0569. The summed E-state index contributed by atoms with van der Waals surface area (Å²) in [5.41, 5.74) is 1.79. The average Bonchev–Trinajstić information content (AvgIpc) is 3.25. The van der Waals surface area contributed by atoms with Gasteiger partial charge < -0.3 is 9.64 Å². The molecule has 1 saturated heterocycles. The lowest BCUT2D eigenvalue weighted by molar-refractivity contribution is 0.0498. The van der Waals surface area contributed by atoms with Gasteiger partial charge >= 0.3 is 0 Å². The van der Waals surface area contributed by atoms with Crippen molar-refractivity contribution in [2.45, 2.75) is 24.8 Å². The molecular weight excluding hydrogens is 280 g/mol. The minimum absolute atomic E-state index is 0.0569. The number of hydrogen-bond acceptors (Lipinski definition) is 4. The molecule has 1 aromatic heterocycles. The van der Waals surface area contributed by atoms with Crippen LogP contribution in [0.25, 0.3) is 0 Å². The van der Waals surface area contributed by atoms with Gasteiger partial charge in [-0.1, -0.05) is 5.21 Å². The number of ether oxygens (including phenoxy) is 1. The van der Waals surface area contributed by atoms with Gasteiger partial charge in [-0.05, 0) is 37.1 Å². The van der Waals surface area contributed by atoms with Crippen LogP contribution >= 0.6 is 0 Å². The third kappa shape index (κ3) is 2.34. The molecule has 0 radical (unpaired) electrons. The van der Waals surface area contributed by atoms with Gasteiger partial charge in [-0.15, -0.1) is 5.10 Å². The number of carbonyl (C=O) groups is 1. The first-order valence-electron chi connectivity index (χ1n) is 7.59. The van der Waals surface area contributed by atoms with Crippen molar-refractivity contribution in [3.8, 4) is 5.75 Å². The van der Waals surface area contributed by atoms with E-state index in [1.165, 1.54) is 12.8 Å². The third-order valence-corrected chi connectivity index (χ3v) is 4.38. The van der Waals surface area contributed by atoms with Gasteiger partial charge in [0.2, 0.25) is 0 Å². The van der Waals surface area contributed by atoms with E-state index in [4.69, 9.17) is 4.74 Å². The smallest absolute Gasteiger partial charge is 0.254 e. The summed E-state index contributed by atoms with van der Waals surface area (Å²) in [6.45, 7) is 1.39. The molecule has 2 fully saturated rings. The minimum Gasteiger partial charge on any atom is -0.497 e. The van der Waals surface area contributed by atoms with Crippen LogP contribution in [0.1, 0.15) is 40.9 Å². The molecule has 4 rings (SSSR count). The highest BCUT2D eigenvalue weighted by Gasteiger charge is 2.34. The van der Waals surface area contributed by atoms with E-state index in [1.807, 2.05) is 27.9 Å². The standard InChI is InChI=1S/C16H18N4O2/c1-22-14-6-4-12(5-7-14)16(21)19-8-13(9-19)20-10-15(17-18-20)11-2-3-11/h4-7,10-11,13H,2-3,8-9H2,1H3. The highest BCUT2D eigenvalue weighted by molar-refractivity contribution is 5.94. The van der Waals surface area contributed by atoms with Crippen LogP contribution in [-0.2, 0) is 0 Å². The number of benzene rings is 1. The first-order valence-corrected chi connectivity index (χ1v) is 7.59. The highest BCUT2D eigenvalue weighted by atomic mass is 16.5. The Hall–Kier alpha value is -2.37. The molecule has 22 heavy (non-hydrogen) atoms. The van der Waals surface area contributed by atoms with E-state index in [2.05, 4.69) is 10.3 Å². The summed E-state index contributed by atoms with van der Waals surface area (Å²) in [5, 5.41) is 8.42. The fraction of sp³-hybridized carbons (Fsp3) is 0.438. The monoisotopic (exact) mass is 298 g/mol. The number of aromatic nitrogens is 3. The van der Waals surface area contributed by atoms with E-state index in [9.17, 15) is 4.79 Å². The van der Waals surface area contributed by atoms with Crippen molar-refractivity contribution >= 4 is 5.91 Å². The van der Waals surface area contributed by atoms with Crippen molar-refractivity contribution in [3.63, 3.8) is 0 Å². The molecule has 0 spiro atoms. The quantitative estimate of drug-likeness (QED) is 0.864. The van der Waals surface area contributed by atoms with E-state index in [0.29, 0.717) is 24.6 Å². The Morgan fingerprint density at radius 2 is 1.95 bits per heavy atom. The van der Waals surface area contributed by atoms with E-state index in [1.54, 1.807) is 19.2 Å². The van der Waals surface area contributed by atoms with Crippen LogP contribution in [-0.4, -0.2) is 46.0 Å².